The summed E-state index contributed by atoms with van der Waals surface area (Å²) in [6, 6.07) is 10.0. The molecule has 0 spiro atoms. The molecule has 0 aromatic heterocycles. The minimum Gasteiger partial charge on any atom is -0.497 e. The van der Waals surface area contributed by atoms with Crippen LogP contribution < -0.4 is 4.74 Å². The Labute approximate surface area is 133 Å². The van der Waals surface area contributed by atoms with Crippen molar-refractivity contribution in [3.8, 4) is 5.75 Å². The van der Waals surface area contributed by atoms with Crippen LogP contribution in [0, 0.1) is 5.82 Å². The van der Waals surface area contributed by atoms with Crippen LogP contribution >= 0.6 is 31.9 Å². The van der Waals surface area contributed by atoms with E-state index < -0.39 is 5.82 Å². The molecule has 0 heterocycles. The molecule has 0 radical (unpaired) electrons. The monoisotopic (exact) mass is 400 g/mol. The molecule has 0 bridgehead atoms. The molecule has 5 heteroatoms. The van der Waals surface area contributed by atoms with Crippen molar-refractivity contribution in [3.05, 3.63) is 62.3 Å². The van der Waals surface area contributed by atoms with Crippen LogP contribution in [0.15, 0.2) is 45.3 Å². The zero-order valence-corrected chi connectivity index (χ0v) is 13.8. The van der Waals surface area contributed by atoms with E-state index in [0.29, 0.717) is 5.75 Å². The Bertz CT molecular complexity index is 656. The van der Waals surface area contributed by atoms with Gasteiger partial charge < -0.3 is 4.74 Å². The molecule has 0 aliphatic carbocycles. The fourth-order valence-electron chi connectivity index (χ4n) is 1.80. The normalized spacial score (nSPS) is 10.4. The molecule has 0 atom stereocenters. The topological polar surface area (TPSA) is 26.3 Å². The van der Waals surface area contributed by atoms with E-state index in [-0.39, 0.29) is 22.2 Å². The Morgan fingerprint density at radius 1 is 1.20 bits per heavy atom. The fraction of sp³-hybridized carbons (Fsp3) is 0.133. The van der Waals surface area contributed by atoms with Crippen molar-refractivity contribution in [1.82, 2.24) is 0 Å². The van der Waals surface area contributed by atoms with Crippen molar-refractivity contribution in [2.45, 2.75) is 6.42 Å². The zero-order valence-electron chi connectivity index (χ0n) is 10.6. The third-order valence-electron chi connectivity index (χ3n) is 2.86. The van der Waals surface area contributed by atoms with Crippen molar-refractivity contribution in [2.24, 2.45) is 0 Å². The molecular formula is C15H11Br2FO2. The molecule has 0 fully saturated rings. The molecule has 104 valence electrons. The highest BCUT2D eigenvalue weighted by atomic mass is 79.9. The van der Waals surface area contributed by atoms with Gasteiger partial charge in [0.1, 0.15) is 11.6 Å². The summed E-state index contributed by atoms with van der Waals surface area (Å²) in [6.45, 7) is 0. The Morgan fingerprint density at radius 2 is 1.95 bits per heavy atom. The molecule has 0 aliphatic rings. The maximum atomic E-state index is 13.9. The predicted octanol–water partition coefficient (Wildman–Crippen LogP) is 4.78. The van der Waals surface area contributed by atoms with E-state index in [0.717, 1.165) is 10.0 Å². The van der Waals surface area contributed by atoms with Crippen LogP contribution in [0.5, 0.6) is 5.75 Å². The standard InChI is InChI=1S/C15H11Br2FO2/c1-20-10-5-6-12(16)9(7-10)8-14(19)11-3-2-4-13(17)15(11)18/h2-7H,8H2,1H3. The van der Waals surface area contributed by atoms with E-state index in [1.165, 1.54) is 6.07 Å². The number of hydrogen-bond donors (Lipinski definition) is 0. The van der Waals surface area contributed by atoms with E-state index >= 15 is 0 Å². The summed E-state index contributed by atoms with van der Waals surface area (Å²) in [7, 11) is 1.56. The number of halogens is 3. The lowest BCUT2D eigenvalue weighted by Crippen LogP contribution is -2.07. The molecule has 0 N–H and O–H groups in total. The van der Waals surface area contributed by atoms with Gasteiger partial charge in [-0.3, -0.25) is 4.79 Å². The average molecular weight is 402 g/mol. The van der Waals surface area contributed by atoms with Crippen LogP contribution in [0.4, 0.5) is 4.39 Å². The van der Waals surface area contributed by atoms with Gasteiger partial charge in [-0.25, -0.2) is 4.39 Å². The van der Waals surface area contributed by atoms with Gasteiger partial charge in [-0.15, -0.1) is 0 Å². The van der Waals surface area contributed by atoms with Crippen molar-refractivity contribution in [3.63, 3.8) is 0 Å². The smallest absolute Gasteiger partial charge is 0.170 e. The van der Waals surface area contributed by atoms with Crippen LogP contribution in [0.3, 0.4) is 0 Å². The molecule has 2 aromatic rings. The average Bonchev–Trinajstić information content (AvgIpc) is 2.44. The van der Waals surface area contributed by atoms with Gasteiger partial charge in [0.15, 0.2) is 5.78 Å². The van der Waals surface area contributed by atoms with Crippen molar-refractivity contribution < 1.29 is 13.9 Å². The van der Waals surface area contributed by atoms with Gasteiger partial charge in [0.05, 0.1) is 17.1 Å². The molecule has 0 saturated heterocycles. The SMILES string of the molecule is COc1ccc(Br)c(CC(=O)c2cccc(Br)c2F)c1. The molecule has 2 aromatic carbocycles. The van der Waals surface area contributed by atoms with Crippen LogP contribution in [-0.2, 0) is 6.42 Å². The summed E-state index contributed by atoms with van der Waals surface area (Å²) in [6.07, 6.45) is 0.102. The van der Waals surface area contributed by atoms with Gasteiger partial charge in [0, 0.05) is 10.9 Å². The maximum Gasteiger partial charge on any atom is 0.170 e. The number of carbonyl (C=O) groups excluding carboxylic acids is 1. The molecule has 0 saturated carbocycles. The summed E-state index contributed by atoms with van der Waals surface area (Å²) in [5.74, 6) is -0.153. The Balaban J connectivity index is 2.30. The summed E-state index contributed by atoms with van der Waals surface area (Å²) in [5.41, 5.74) is 0.836. The van der Waals surface area contributed by atoms with Crippen molar-refractivity contribution in [1.29, 1.82) is 0 Å². The van der Waals surface area contributed by atoms with Gasteiger partial charge in [0.2, 0.25) is 0 Å². The van der Waals surface area contributed by atoms with Crippen LogP contribution in [0.25, 0.3) is 0 Å². The van der Waals surface area contributed by atoms with Crippen LogP contribution in [0.2, 0.25) is 0 Å². The summed E-state index contributed by atoms with van der Waals surface area (Å²) < 4.78 is 20.1. The van der Waals surface area contributed by atoms with Gasteiger partial charge in [-0.2, -0.15) is 0 Å². The number of carbonyl (C=O) groups is 1. The predicted molar refractivity (Wildman–Crippen MR) is 82.8 cm³/mol. The summed E-state index contributed by atoms with van der Waals surface area (Å²) in [4.78, 5) is 12.2. The van der Waals surface area contributed by atoms with Gasteiger partial charge in [-0.05, 0) is 51.8 Å². The van der Waals surface area contributed by atoms with E-state index in [4.69, 9.17) is 4.74 Å². The maximum absolute atomic E-state index is 13.9. The first-order valence-electron chi connectivity index (χ1n) is 5.82. The molecule has 0 amide bonds. The van der Waals surface area contributed by atoms with E-state index in [1.54, 1.807) is 37.4 Å². The third kappa shape index (κ3) is 3.27. The Kier molecular flexibility index (Phi) is 4.94. The van der Waals surface area contributed by atoms with Crippen LogP contribution in [0.1, 0.15) is 15.9 Å². The molecule has 20 heavy (non-hydrogen) atoms. The first kappa shape index (κ1) is 15.2. The first-order valence-corrected chi connectivity index (χ1v) is 7.41. The zero-order chi connectivity index (χ0) is 14.7. The number of Topliss-reactive ketones (excluding diaryl/α,β-unsaturated/α-hetero) is 1. The fourth-order valence-corrected chi connectivity index (χ4v) is 2.55. The van der Waals surface area contributed by atoms with E-state index in [1.807, 2.05) is 0 Å². The highest BCUT2D eigenvalue weighted by Crippen LogP contribution is 2.25. The van der Waals surface area contributed by atoms with Crippen LogP contribution in [-0.4, -0.2) is 12.9 Å². The minimum atomic E-state index is -0.531. The number of benzene rings is 2. The van der Waals surface area contributed by atoms with Crippen molar-refractivity contribution in [2.75, 3.05) is 7.11 Å². The molecule has 0 aliphatic heterocycles. The Morgan fingerprint density at radius 3 is 2.65 bits per heavy atom. The number of hydrogen-bond acceptors (Lipinski definition) is 2. The molecule has 2 rings (SSSR count). The number of methoxy groups -OCH3 is 1. The van der Waals surface area contributed by atoms with Gasteiger partial charge in [-0.1, -0.05) is 22.0 Å². The highest BCUT2D eigenvalue weighted by molar-refractivity contribution is 9.10. The lowest BCUT2D eigenvalue weighted by atomic mass is 10.0. The van der Waals surface area contributed by atoms with E-state index in [2.05, 4.69) is 31.9 Å². The minimum absolute atomic E-state index is 0.0779. The first-order chi connectivity index (χ1) is 9.52. The largest absolute Gasteiger partial charge is 0.497 e. The number of ether oxygens (including phenoxy) is 1. The summed E-state index contributed by atoms with van der Waals surface area (Å²) in [5, 5.41) is 0. The third-order valence-corrected chi connectivity index (χ3v) is 4.24. The Hall–Kier alpha value is -1.20. The molecule has 0 unspecified atom stereocenters. The van der Waals surface area contributed by atoms with E-state index in [9.17, 15) is 9.18 Å². The lowest BCUT2D eigenvalue weighted by molar-refractivity contribution is 0.0989. The number of ketones is 1. The lowest BCUT2D eigenvalue weighted by Gasteiger charge is -2.08. The number of rotatable bonds is 4. The van der Waals surface area contributed by atoms with Gasteiger partial charge >= 0.3 is 0 Å². The second-order valence-corrected chi connectivity index (χ2v) is 5.87. The second kappa shape index (κ2) is 6.50. The second-order valence-electron chi connectivity index (χ2n) is 4.16. The quantitative estimate of drug-likeness (QED) is 0.688. The van der Waals surface area contributed by atoms with Crippen molar-refractivity contribution >= 4 is 37.6 Å². The highest BCUT2D eigenvalue weighted by Gasteiger charge is 2.16. The summed E-state index contributed by atoms with van der Waals surface area (Å²) >= 11 is 6.46. The molecular weight excluding hydrogens is 391 g/mol. The molecule has 2 nitrogen and oxygen atoms in total. The van der Waals surface area contributed by atoms with Gasteiger partial charge in [0.25, 0.3) is 0 Å².